The van der Waals surface area contributed by atoms with E-state index in [-0.39, 0.29) is 55.9 Å². The normalized spacial score (nSPS) is 29.3. The largest absolute Gasteiger partial charge is 0.481 e. The quantitative estimate of drug-likeness (QED) is 0.190. The Labute approximate surface area is 188 Å². The van der Waals surface area contributed by atoms with E-state index in [1.165, 1.54) is 0 Å². The van der Waals surface area contributed by atoms with Crippen LogP contribution >= 0.6 is 0 Å². The number of carboxylic acid groups (broad SMARTS) is 1. The number of carboxylic acids is 1. The van der Waals surface area contributed by atoms with Crippen LogP contribution in [0.5, 0.6) is 0 Å². The maximum absolute atomic E-state index is 12.3. The average Bonchev–Trinajstić information content (AvgIpc) is 2.75. The zero-order chi connectivity index (χ0) is 23.5. The molecule has 6 unspecified atom stereocenters. The molecule has 2 aliphatic rings. The van der Waals surface area contributed by atoms with E-state index in [4.69, 9.17) is 20.3 Å². The average molecular weight is 459 g/mol. The number of nitrogens with two attached hydrogens (primary N) is 1. The van der Waals surface area contributed by atoms with Crippen molar-refractivity contribution in [2.24, 2.45) is 11.7 Å². The summed E-state index contributed by atoms with van der Waals surface area (Å²) in [5.74, 6) is -1.62. The van der Waals surface area contributed by atoms with Gasteiger partial charge in [-0.25, -0.2) is 0 Å². The molecular formula is C22H38N2O8. The van der Waals surface area contributed by atoms with E-state index in [1.54, 1.807) is 0 Å². The molecule has 10 heteroatoms. The van der Waals surface area contributed by atoms with Crippen molar-refractivity contribution in [2.75, 3.05) is 19.8 Å². The molecule has 6 N–H and O–H groups in total. The van der Waals surface area contributed by atoms with Crippen molar-refractivity contribution >= 4 is 17.7 Å². The van der Waals surface area contributed by atoms with Gasteiger partial charge in [0, 0.05) is 6.54 Å². The standard InChI is InChI=1S/C22H38N2O8/c23-19(20(27)11-22(29)30)5-2-6-24-21(28)10-17-8-14(9-18(13-26)32-17)7-15-3-1-4-16(12-25)31-15/h14-19,25-26H,1-13,23H2,(H,24,28)(H,29,30). The first-order valence-electron chi connectivity index (χ1n) is 11.6. The van der Waals surface area contributed by atoms with Crippen molar-refractivity contribution in [3.8, 4) is 0 Å². The molecule has 2 aliphatic heterocycles. The van der Waals surface area contributed by atoms with Gasteiger partial charge in [0.1, 0.15) is 6.42 Å². The maximum atomic E-state index is 12.3. The fourth-order valence-electron chi connectivity index (χ4n) is 4.60. The molecule has 2 heterocycles. The van der Waals surface area contributed by atoms with Crippen molar-refractivity contribution in [3.63, 3.8) is 0 Å². The first-order chi connectivity index (χ1) is 15.3. The molecule has 32 heavy (non-hydrogen) atoms. The number of Topliss-reactive ketones (excluding diaryl/α,β-unsaturated/α-hetero) is 1. The minimum absolute atomic E-state index is 0.0327. The zero-order valence-corrected chi connectivity index (χ0v) is 18.6. The molecule has 0 aliphatic carbocycles. The predicted octanol–water partition coefficient (Wildman–Crippen LogP) is 0.120. The zero-order valence-electron chi connectivity index (χ0n) is 18.6. The van der Waals surface area contributed by atoms with E-state index < -0.39 is 24.2 Å². The molecule has 2 saturated heterocycles. The lowest BCUT2D eigenvalue weighted by Crippen LogP contribution is -2.40. The van der Waals surface area contributed by atoms with Crippen LogP contribution in [0.2, 0.25) is 0 Å². The number of ether oxygens (including phenoxy) is 2. The highest BCUT2D eigenvalue weighted by Crippen LogP contribution is 2.33. The molecule has 10 nitrogen and oxygen atoms in total. The van der Waals surface area contributed by atoms with E-state index in [2.05, 4.69) is 5.32 Å². The van der Waals surface area contributed by atoms with Gasteiger partial charge in [0.25, 0.3) is 0 Å². The van der Waals surface area contributed by atoms with E-state index in [0.717, 1.165) is 32.1 Å². The second-order valence-electron chi connectivity index (χ2n) is 8.97. The molecule has 0 aromatic carbocycles. The molecule has 0 aromatic rings. The van der Waals surface area contributed by atoms with Gasteiger partial charge < -0.3 is 35.8 Å². The Morgan fingerprint density at radius 1 is 1.00 bits per heavy atom. The summed E-state index contributed by atoms with van der Waals surface area (Å²) in [6.07, 6.45) is 4.88. The lowest BCUT2D eigenvalue weighted by Gasteiger charge is -2.37. The van der Waals surface area contributed by atoms with Crippen LogP contribution in [-0.4, -0.2) is 83.2 Å². The second kappa shape index (κ2) is 13.8. The van der Waals surface area contributed by atoms with Crippen LogP contribution in [-0.2, 0) is 23.9 Å². The second-order valence-corrected chi connectivity index (χ2v) is 8.97. The molecule has 0 bridgehead atoms. The number of carbonyl (C=O) groups is 3. The molecule has 0 aromatic heterocycles. The highest BCUT2D eigenvalue weighted by Gasteiger charge is 2.33. The monoisotopic (exact) mass is 458 g/mol. The SMILES string of the molecule is NC(CCCNC(=O)CC1CC(CC2CCCC(CO)O2)CC(CO)O1)C(=O)CC(=O)O. The summed E-state index contributed by atoms with van der Waals surface area (Å²) in [5, 5.41) is 30.4. The Morgan fingerprint density at radius 3 is 2.34 bits per heavy atom. The molecule has 184 valence electrons. The van der Waals surface area contributed by atoms with Crippen LogP contribution in [0.1, 0.15) is 64.2 Å². The van der Waals surface area contributed by atoms with E-state index in [0.29, 0.717) is 25.8 Å². The summed E-state index contributed by atoms with van der Waals surface area (Å²) in [7, 11) is 0. The van der Waals surface area contributed by atoms with Gasteiger partial charge in [-0.05, 0) is 57.3 Å². The van der Waals surface area contributed by atoms with Gasteiger partial charge in [0.15, 0.2) is 5.78 Å². The molecule has 2 fully saturated rings. The maximum Gasteiger partial charge on any atom is 0.310 e. The van der Waals surface area contributed by atoms with Gasteiger partial charge in [-0.1, -0.05) is 0 Å². The van der Waals surface area contributed by atoms with Gasteiger partial charge in [-0.2, -0.15) is 0 Å². The van der Waals surface area contributed by atoms with Gasteiger partial charge >= 0.3 is 5.97 Å². The van der Waals surface area contributed by atoms with Crippen molar-refractivity contribution in [2.45, 2.75) is 94.7 Å². The summed E-state index contributed by atoms with van der Waals surface area (Å²) in [4.78, 5) is 34.4. The fraction of sp³-hybridized carbons (Fsp3) is 0.864. The van der Waals surface area contributed by atoms with E-state index in [1.807, 2.05) is 0 Å². The number of hydrogen-bond acceptors (Lipinski definition) is 8. The number of aliphatic carboxylic acids is 1. The Bertz CT molecular complexity index is 617. The summed E-state index contributed by atoms with van der Waals surface area (Å²) < 4.78 is 11.8. The Hall–Kier alpha value is -1.59. The first-order valence-corrected chi connectivity index (χ1v) is 11.6. The third-order valence-corrected chi connectivity index (χ3v) is 6.18. The number of nitrogens with one attached hydrogen (secondary N) is 1. The topological polar surface area (TPSA) is 168 Å². The summed E-state index contributed by atoms with van der Waals surface area (Å²) in [6, 6.07) is -0.844. The van der Waals surface area contributed by atoms with Crippen LogP contribution in [0, 0.1) is 5.92 Å². The van der Waals surface area contributed by atoms with Gasteiger partial charge in [-0.3, -0.25) is 14.4 Å². The smallest absolute Gasteiger partial charge is 0.310 e. The van der Waals surface area contributed by atoms with Crippen LogP contribution in [0.4, 0.5) is 0 Å². The van der Waals surface area contributed by atoms with Crippen molar-refractivity contribution in [3.05, 3.63) is 0 Å². The Morgan fingerprint density at radius 2 is 1.66 bits per heavy atom. The summed E-state index contributed by atoms with van der Waals surface area (Å²) in [5.41, 5.74) is 5.68. The molecule has 2 rings (SSSR count). The van der Waals surface area contributed by atoms with Gasteiger partial charge in [-0.15, -0.1) is 0 Å². The lowest BCUT2D eigenvalue weighted by molar-refractivity contribution is -0.140. The number of rotatable bonds is 13. The highest BCUT2D eigenvalue weighted by molar-refractivity contribution is 5.97. The number of ketones is 1. The molecule has 0 spiro atoms. The van der Waals surface area contributed by atoms with Gasteiger partial charge in [0.05, 0.1) is 50.1 Å². The predicted molar refractivity (Wildman–Crippen MR) is 115 cm³/mol. The first kappa shape index (κ1) is 26.7. The van der Waals surface area contributed by atoms with Gasteiger partial charge in [0.2, 0.25) is 5.91 Å². The fourth-order valence-corrected chi connectivity index (χ4v) is 4.60. The Kier molecular flexibility index (Phi) is 11.5. The highest BCUT2D eigenvalue weighted by atomic mass is 16.5. The lowest BCUT2D eigenvalue weighted by atomic mass is 9.84. The van der Waals surface area contributed by atoms with Crippen LogP contribution in [0.25, 0.3) is 0 Å². The third-order valence-electron chi connectivity index (χ3n) is 6.18. The summed E-state index contributed by atoms with van der Waals surface area (Å²) >= 11 is 0. The Balaban J connectivity index is 1.71. The summed E-state index contributed by atoms with van der Waals surface area (Å²) in [6.45, 7) is 0.275. The minimum atomic E-state index is -1.20. The number of aliphatic hydroxyl groups excluding tert-OH is 2. The van der Waals surface area contributed by atoms with Crippen LogP contribution in [0.15, 0.2) is 0 Å². The number of carbonyl (C=O) groups excluding carboxylic acids is 2. The third kappa shape index (κ3) is 9.50. The van der Waals surface area contributed by atoms with Crippen LogP contribution in [0.3, 0.4) is 0 Å². The molecule has 0 radical (unpaired) electrons. The number of hydrogen-bond donors (Lipinski definition) is 5. The van der Waals surface area contributed by atoms with Crippen molar-refractivity contribution in [1.82, 2.24) is 5.32 Å². The molecular weight excluding hydrogens is 420 g/mol. The number of amides is 1. The van der Waals surface area contributed by atoms with Crippen molar-refractivity contribution < 1.29 is 39.2 Å². The molecule has 1 amide bonds. The van der Waals surface area contributed by atoms with E-state index >= 15 is 0 Å². The minimum Gasteiger partial charge on any atom is -0.481 e. The number of aliphatic hydroxyl groups is 2. The van der Waals surface area contributed by atoms with Crippen LogP contribution < -0.4 is 11.1 Å². The van der Waals surface area contributed by atoms with E-state index in [9.17, 15) is 24.6 Å². The van der Waals surface area contributed by atoms with Crippen molar-refractivity contribution in [1.29, 1.82) is 0 Å². The molecule has 6 atom stereocenters. The molecule has 0 saturated carbocycles.